The Labute approximate surface area is 233 Å². The highest BCUT2D eigenvalue weighted by Crippen LogP contribution is 2.27. The van der Waals surface area contributed by atoms with Crippen molar-refractivity contribution < 1.29 is 25.4 Å². The molecule has 2 atom stereocenters. The van der Waals surface area contributed by atoms with Crippen molar-refractivity contribution in [1.82, 2.24) is 15.0 Å². The van der Waals surface area contributed by atoms with E-state index in [0.29, 0.717) is 29.6 Å². The maximum atomic E-state index is 12.1. The van der Waals surface area contributed by atoms with Crippen molar-refractivity contribution in [2.75, 3.05) is 17.4 Å². The number of nitriles is 1. The Morgan fingerprint density at radius 1 is 1.24 bits per heavy atom. The van der Waals surface area contributed by atoms with Gasteiger partial charge >= 0.3 is 0 Å². The van der Waals surface area contributed by atoms with E-state index in [2.05, 4.69) is 32.0 Å². The minimum absolute atomic E-state index is 0. The van der Waals surface area contributed by atoms with E-state index in [1.165, 1.54) is 28.9 Å². The number of anilines is 1. The van der Waals surface area contributed by atoms with Gasteiger partial charge < -0.3 is 23.9 Å². The van der Waals surface area contributed by atoms with Gasteiger partial charge in [-0.3, -0.25) is 0 Å². The van der Waals surface area contributed by atoms with Gasteiger partial charge in [0.2, 0.25) is 5.51 Å². The Kier molecular flexibility index (Phi) is 11.7. The Balaban J connectivity index is 0.000000253. The summed E-state index contributed by atoms with van der Waals surface area (Å²) in [7, 11) is -3.37. The third kappa shape index (κ3) is 8.58. The van der Waals surface area contributed by atoms with Crippen LogP contribution in [0.1, 0.15) is 46.8 Å². The number of nitrogens with zero attached hydrogens (tertiary/aromatic N) is 5. The molecule has 37 heavy (non-hydrogen) atoms. The molecule has 1 aliphatic rings. The van der Waals surface area contributed by atoms with Crippen molar-refractivity contribution in [3.05, 3.63) is 57.6 Å². The lowest BCUT2D eigenvalue weighted by atomic mass is 10.1. The monoisotopic (exact) mass is 583 g/mol. The van der Waals surface area contributed by atoms with Gasteiger partial charge in [0.15, 0.2) is 27.1 Å². The number of nitrogens with two attached hydrogens (primary N) is 2. The molecule has 0 aromatic carbocycles. The summed E-state index contributed by atoms with van der Waals surface area (Å²) >= 11 is 7.50. The molecule has 1 fully saturated rings. The van der Waals surface area contributed by atoms with Crippen LogP contribution in [0.5, 0.6) is 0 Å². The van der Waals surface area contributed by atoms with E-state index in [4.69, 9.17) is 28.3 Å². The number of nitrogen functional groups attached to an aromatic ring is 1. The first-order valence-corrected chi connectivity index (χ1v) is 14.6. The topological polar surface area (TPSA) is 153 Å². The average Bonchev–Trinajstić information content (AvgIpc) is 3.41. The molecule has 13 heteroatoms. The molecule has 0 amide bonds. The SMILES string of the molecule is Cc1ncc(C[n+]2csc(CCCl)c2C)c(N)n1.N#Cc1ccc(S(=O)(=O)CC2CCC(N)C2)nc1.[Cl-]. The van der Waals surface area contributed by atoms with Crippen LogP contribution < -0.4 is 28.4 Å². The van der Waals surface area contributed by atoms with Gasteiger partial charge in [0, 0.05) is 37.7 Å². The molecule has 3 aromatic heterocycles. The van der Waals surface area contributed by atoms with Crippen molar-refractivity contribution in [3.63, 3.8) is 0 Å². The molecule has 3 heterocycles. The van der Waals surface area contributed by atoms with Gasteiger partial charge in [0.1, 0.15) is 17.7 Å². The zero-order valence-corrected chi connectivity index (χ0v) is 23.9. The van der Waals surface area contributed by atoms with Gasteiger partial charge in [-0.15, -0.1) is 11.6 Å². The number of halogens is 2. The number of sulfone groups is 1. The van der Waals surface area contributed by atoms with Crippen molar-refractivity contribution >= 4 is 38.6 Å². The molecule has 200 valence electrons. The van der Waals surface area contributed by atoms with E-state index in [0.717, 1.165) is 31.2 Å². The van der Waals surface area contributed by atoms with Crippen LogP contribution in [0.4, 0.5) is 5.82 Å². The summed E-state index contributed by atoms with van der Waals surface area (Å²) in [5.41, 5.74) is 16.3. The molecule has 0 radical (unpaired) electrons. The third-order valence-corrected chi connectivity index (χ3v) is 9.18. The zero-order valence-electron chi connectivity index (χ0n) is 20.8. The first-order valence-electron chi connectivity index (χ1n) is 11.6. The maximum absolute atomic E-state index is 12.1. The van der Waals surface area contributed by atoms with E-state index in [9.17, 15) is 8.42 Å². The first-order chi connectivity index (χ1) is 17.1. The molecule has 0 aliphatic heterocycles. The number of thiazole rings is 1. The molecule has 2 unspecified atom stereocenters. The molecule has 4 N–H and O–H groups in total. The summed E-state index contributed by atoms with van der Waals surface area (Å²) < 4.78 is 26.4. The molecule has 1 aliphatic carbocycles. The van der Waals surface area contributed by atoms with Crippen LogP contribution in [0.15, 0.2) is 35.1 Å². The second-order valence-electron chi connectivity index (χ2n) is 8.84. The van der Waals surface area contributed by atoms with Crippen molar-refractivity contribution in [3.8, 4) is 6.07 Å². The molecular formula is C24H31Cl2N7O2S2. The van der Waals surface area contributed by atoms with Crippen LogP contribution in [0.2, 0.25) is 0 Å². The summed E-state index contributed by atoms with van der Waals surface area (Å²) in [6.45, 7) is 4.64. The Bertz CT molecular complexity index is 1330. The fourth-order valence-electron chi connectivity index (χ4n) is 4.04. The highest BCUT2D eigenvalue weighted by atomic mass is 35.5. The van der Waals surface area contributed by atoms with E-state index >= 15 is 0 Å². The van der Waals surface area contributed by atoms with Crippen molar-refractivity contribution in [1.29, 1.82) is 5.26 Å². The predicted octanol–water partition coefficient (Wildman–Crippen LogP) is -0.287. The second-order valence-corrected chi connectivity index (χ2v) is 12.1. The molecule has 0 bridgehead atoms. The number of rotatable bonds is 7. The largest absolute Gasteiger partial charge is 1.00 e. The lowest BCUT2D eigenvalue weighted by Gasteiger charge is -2.09. The van der Waals surface area contributed by atoms with Crippen LogP contribution in [0.25, 0.3) is 0 Å². The van der Waals surface area contributed by atoms with E-state index in [1.54, 1.807) is 17.5 Å². The van der Waals surface area contributed by atoms with Crippen molar-refractivity contribution in [2.45, 2.75) is 57.1 Å². The molecule has 0 saturated heterocycles. The van der Waals surface area contributed by atoms with Gasteiger partial charge in [0.05, 0.1) is 21.8 Å². The molecule has 4 rings (SSSR count). The standard InChI is InChI=1S/C12H16ClN4S.C12H15N3O2S.ClH/c1-8-11(3-4-13)18-7-17(8)6-10-5-15-9(2)16-12(10)14;13-6-10-2-4-12(15-7-10)18(16,17)8-9-1-3-11(14)5-9;/h5,7H,3-4,6H2,1-2H3,(H2,14,15,16);2,4,7,9,11H,1,3,5,8,14H2;1H/q+1;;/p-1. The second kappa shape index (κ2) is 14.0. The fourth-order valence-corrected chi connectivity index (χ4v) is 6.92. The number of aromatic nitrogens is 4. The average molecular weight is 585 g/mol. The van der Waals surface area contributed by atoms with E-state index in [-0.39, 0.29) is 35.1 Å². The van der Waals surface area contributed by atoms with E-state index < -0.39 is 9.84 Å². The molecule has 0 spiro atoms. The number of hydrogen-bond donors (Lipinski definition) is 2. The van der Waals surface area contributed by atoms with Crippen molar-refractivity contribution in [2.24, 2.45) is 11.7 Å². The van der Waals surface area contributed by atoms with Crippen LogP contribution in [-0.4, -0.2) is 41.0 Å². The lowest BCUT2D eigenvalue weighted by Crippen LogP contribution is -3.00. The third-order valence-electron chi connectivity index (χ3n) is 6.06. The molecule has 1 saturated carbocycles. The van der Waals surface area contributed by atoms with Gasteiger partial charge in [-0.1, -0.05) is 11.3 Å². The van der Waals surface area contributed by atoms with Gasteiger partial charge in [-0.05, 0) is 44.2 Å². The minimum Gasteiger partial charge on any atom is -1.00 e. The van der Waals surface area contributed by atoms with Crippen LogP contribution in [0.3, 0.4) is 0 Å². The van der Waals surface area contributed by atoms with E-state index in [1.807, 2.05) is 13.0 Å². The summed E-state index contributed by atoms with van der Waals surface area (Å²) in [6, 6.07) is 4.90. The highest BCUT2D eigenvalue weighted by molar-refractivity contribution is 7.91. The molecule has 9 nitrogen and oxygen atoms in total. The number of hydrogen-bond acceptors (Lipinski definition) is 9. The van der Waals surface area contributed by atoms with Crippen LogP contribution in [0, 0.1) is 31.1 Å². The van der Waals surface area contributed by atoms with Gasteiger partial charge in [0.25, 0.3) is 0 Å². The summed E-state index contributed by atoms with van der Waals surface area (Å²) in [6.07, 6.45) is 6.49. The smallest absolute Gasteiger partial charge is 0.225 e. The van der Waals surface area contributed by atoms with Crippen LogP contribution in [-0.2, 0) is 22.8 Å². The van der Waals surface area contributed by atoms with Crippen LogP contribution >= 0.6 is 22.9 Å². The Hall–Kier alpha value is -2.36. The highest BCUT2D eigenvalue weighted by Gasteiger charge is 2.28. The predicted molar refractivity (Wildman–Crippen MR) is 140 cm³/mol. The summed E-state index contributed by atoms with van der Waals surface area (Å²) in [4.78, 5) is 13.5. The Morgan fingerprint density at radius 3 is 2.57 bits per heavy atom. The minimum atomic E-state index is -3.37. The number of pyridine rings is 1. The number of alkyl halides is 1. The first kappa shape index (κ1) is 30.9. The lowest BCUT2D eigenvalue weighted by molar-refractivity contribution is -0.689. The fraction of sp³-hybridized carbons (Fsp3) is 0.458. The number of aryl methyl sites for hydroxylation is 2. The maximum Gasteiger partial charge on any atom is 0.225 e. The molecule has 3 aromatic rings. The molecular weight excluding hydrogens is 553 g/mol. The summed E-state index contributed by atoms with van der Waals surface area (Å²) in [5, 5.41) is 8.68. The van der Waals surface area contributed by atoms with Gasteiger partial charge in [-0.2, -0.15) is 9.83 Å². The van der Waals surface area contributed by atoms with Gasteiger partial charge in [-0.25, -0.2) is 23.4 Å². The Morgan fingerprint density at radius 2 is 2.00 bits per heavy atom. The normalized spacial score (nSPS) is 16.8. The zero-order chi connectivity index (χ0) is 26.3. The quantitative estimate of drug-likeness (QED) is 0.284. The summed E-state index contributed by atoms with van der Waals surface area (Å²) in [5.74, 6) is 2.13.